The lowest BCUT2D eigenvalue weighted by atomic mass is 10.2. The standard InChI is InChI=1S/C18H17N5O2/c24-17-5-2-10-22(17)14-8-6-13(7-9-14)11-19-18(25)15-3-1-4-16-20-12-21-23(15)16/h1,3-4,6-9,12H,2,5,10-11H2,(H,19,25). The van der Waals surface area contributed by atoms with Crippen LogP contribution >= 0.6 is 0 Å². The average molecular weight is 335 g/mol. The number of benzene rings is 1. The van der Waals surface area contributed by atoms with Crippen LogP contribution in [0, 0.1) is 0 Å². The van der Waals surface area contributed by atoms with E-state index in [2.05, 4.69) is 15.4 Å². The molecule has 0 bridgehead atoms. The van der Waals surface area contributed by atoms with Crippen LogP contribution in [0.5, 0.6) is 0 Å². The van der Waals surface area contributed by atoms with E-state index in [1.54, 1.807) is 23.1 Å². The second-order valence-corrected chi connectivity index (χ2v) is 5.94. The van der Waals surface area contributed by atoms with Crippen LogP contribution < -0.4 is 10.2 Å². The topological polar surface area (TPSA) is 79.6 Å². The molecule has 7 nitrogen and oxygen atoms in total. The van der Waals surface area contributed by atoms with Crippen molar-refractivity contribution in [2.24, 2.45) is 0 Å². The molecule has 1 fully saturated rings. The molecule has 1 aromatic carbocycles. The summed E-state index contributed by atoms with van der Waals surface area (Å²) in [5.74, 6) is -0.0446. The number of carbonyl (C=O) groups excluding carboxylic acids is 2. The van der Waals surface area contributed by atoms with Gasteiger partial charge in [-0.2, -0.15) is 5.10 Å². The summed E-state index contributed by atoms with van der Waals surface area (Å²) in [7, 11) is 0. The van der Waals surface area contributed by atoms with Gasteiger partial charge in [0.05, 0.1) is 0 Å². The molecule has 126 valence electrons. The molecule has 1 aliphatic heterocycles. The lowest BCUT2D eigenvalue weighted by Crippen LogP contribution is -2.25. The molecule has 0 saturated carbocycles. The number of carbonyl (C=O) groups is 2. The molecule has 0 atom stereocenters. The first-order valence-corrected chi connectivity index (χ1v) is 8.18. The Morgan fingerprint density at radius 1 is 1.16 bits per heavy atom. The Morgan fingerprint density at radius 2 is 2.00 bits per heavy atom. The van der Waals surface area contributed by atoms with E-state index in [1.807, 2.05) is 24.3 Å². The highest BCUT2D eigenvalue weighted by Gasteiger charge is 2.21. The first-order valence-electron chi connectivity index (χ1n) is 8.18. The van der Waals surface area contributed by atoms with Gasteiger partial charge in [-0.1, -0.05) is 18.2 Å². The maximum absolute atomic E-state index is 12.4. The first kappa shape index (κ1) is 15.3. The maximum atomic E-state index is 12.4. The van der Waals surface area contributed by atoms with E-state index in [9.17, 15) is 9.59 Å². The predicted octanol–water partition coefficient (Wildman–Crippen LogP) is 1.79. The van der Waals surface area contributed by atoms with E-state index in [1.165, 1.54) is 10.8 Å². The van der Waals surface area contributed by atoms with Gasteiger partial charge in [0.25, 0.3) is 5.91 Å². The van der Waals surface area contributed by atoms with Crippen LogP contribution in [-0.2, 0) is 11.3 Å². The zero-order valence-corrected chi connectivity index (χ0v) is 13.6. The minimum absolute atomic E-state index is 0.168. The van der Waals surface area contributed by atoms with Crippen molar-refractivity contribution in [2.45, 2.75) is 19.4 Å². The highest BCUT2D eigenvalue weighted by atomic mass is 16.2. The molecule has 7 heteroatoms. The molecule has 0 radical (unpaired) electrons. The Labute approximate surface area is 144 Å². The first-order chi connectivity index (χ1) is 12.2. The number of rotatable bonds is 4. The van der Waals surface area contributed by atoms with Crippen LogP contribution in [0.1, 0.15) is 28.9 Å². The third-order valence-electron chi connectivity index (χ3n) is 4.31. The zero-order chi connectivity index (χ0) is 17.2. The van der Waals surface area contributed by atoms with Gasteiger partial charge in [-0.25, -0.2) is 9.50 Å². The fraction of sp³-hybridized carbons (Fsp3) is 0.222. The number of fused-ring (bicyclic) bond motifs is 1. The Hall–Kier alpha value is -3.22. The SMILES string of the molecule is O=C(NCc1ccc(N2CCCC2=O)cc1)c1cccc2ncnn12. The van der Waals surface area contributed by atoms with Crippen LogP contribution in [0.3, 0.4) is 0 Å². The quantitative estimate of drug-likeness (QED) is 0.788. The normalized spacial score (nSPS) is 14.2. The lowest BCUT2D eigenvalue weighted by molar-refractivity contribution is -0.117. The monoisotopic (exact) mass is 335 g/mol. The van der Waals surface area contributed by atoms with Crippen LogP contribution in [0.15, 0.2) is 48.8 Å². The maximum Gasteiger partial charge on any atom is 0.270 e. The van der Waals surface area contributed by atoms with E-state index < -0.39 is 0 Å². The summed E-state index contributed by atoms with van der Waals surface area (Å²) in [6, 6.07) is 13.0. The number of hydrogen-bond acceptors (Lipinski definition) is 4. The fourth-order valence-corrected chi connectivity index (χ4v) is 3.01. The summed E-state index contributed by atoms with van der Waals surface area (Å²) >= 11 is 0. The molecule has 1 N–H and O–H groups in total. The Balaban J connectivity index is 1.43. The van der Waals surface area contributed by atoms with Crippen molar-refractivity contribution in [2.75, 3.05) is 11.4 Å². The van der Waals surface area contributed by atoms with Crippen molar-refractivity contribution < 1.29 is 9.59 Å². The Morgan fingerprint density at radius 3 is 2.76 bits per heavy atom. The highest BCUT2D eigenvalue weighted by molar-refractivity contribution is 5.95. The molecule has 0 aliphatic carbocycles. The number of nitrogens with one attached hydrogen (secondary N) is 1. The van der Waals surface area contributed by atoms with Crippen LogP contribution in [0.2, 0.25) is 0 Å². The molecular weight excluding hydrogens is 318 g/mol. The molecule has 2 aromatic heterocycles. The van der Waals surface area contributed by atoms with Gasteiger partial charge in [0.1, 0.15) is 12.0 Å². The summed E-state index contributed by atoms with van der Waals surface area (Å²) in [6.07, 6.45) is 2.95. The average Bonchev–Trinajstić information content (AvgIpc) is 3.28. The van der Waals surface area contributed by atoms with E-state index in [0.29, 0.717) is 24.3 Å². The van der Waals surface area contributed by atoms with Crippen molar-refractivity contribution in [3.63, 3.8) is 0 Å². The van der Waals surface area contributed by atoms with E-state index in [4.69, 9.17) is 0 Å². The van der Waals surface area contributed by atoms with E-state index >= 15 is 0 Å². The molecule has 3 aromatic rings. The second kappa shape index (κ2) is 6.35. The van der Waals surface area contributed by atoms with Crippen molar-refractivity contribution in [1.29, 1.82) is 0 Å². The summed E-state index contributed by atoms with van der Waals surface area (Å²) in [6.45, 7) is 1.18. The van der Waals surface area contributed by atoms with E-state index in [-0.39, 0.29) is 11.8 Å². The van der Waals surface area contributed by atoms with Crippen molar-refractivity contribution in [3.8, 4) is 0 Å². The van der Waals surface area contributed by atoms with Gasteiger partial charge in [-0.15, -0.1) is 0 Å². The van der Waals surface area contributed by atoms with Gasteiger partial charge in [0, 0.05) is 25.2 Å². The van der Waals surface area contributed by atoms with Crippen molar-refractivity contribution in [3.05, 3.63) is 60.0 Å². The fourth-order valence-electron chi connectivity index (χ4n) is 3.01. The zero-order valence-electron chi connectivity index (χ0n) is 13.6. The molecular formula is C18H17N5O2. The summed E-state index contributed by atoms with van der Waals surface area (Å²) < 4.78 is 1.51. The summed E-state index contributed by atoms with van der Waals surface area (Å²) in [4.78, 5) is 30.0. The number of hydrogen-bond donors (Lipinski definition) is 1. The van der Waals surface area contributed by atoms with Gasteiger partial charge in [-0.3, -0.25) is 9.59 Å². The van der Waals surface area contributed by atoms with Crippen LogP contribution in [0.25, 0.3) is 5.65 Å². The van der Waals surface area contributed by atoms with Crippen molar-refractivity contribution >= 4 is 23.1 Å². The lowest BCUT2D eigenvalue weighted by Gasteiger charge is -2.16. The Kier molecular flexibility index (Phi) is 3.89. The third kappa shape index (κ3) is 2.96. The molecule has 4 rings (SSSR count). The molecule has 3 heterocycles. The number of pyridine rings is 1. The van der Waals surface area contributed by atoms with Crippen molar-refractivity contribution in [1.82, 2.24) is 19.9 Å². The molecule has 0 unspecified atom stereocenters. The van der Waals surface area contributed by atoms with Gasteiger partial charge in [0.15, 0.2) is 5.65 Å². The smallest absolute Gasteiger partial charge is 0.270 e. The summed E-state index contributed by atoms with van der Waals surface area (Å²) in [5.41, 5.74) is 2.95. The van der Waals surface area contributed by atoms with Crippen LogP contribution in [0.4, 0.5) is 5.69 Å². The summed E-state index contributed by atoms with van der Waals surface area (Å²) in [5, 5.41) is 6.95. The van der Waals surface area contributed by atoms with Gasteiger partial charge in [-0.05, 0) is 36.2 Å². The molecule has 0 spiro atoms. The number of aromatic nitrogens is 3. The largest absolute Gasteiger partial charge is 0.347 e. The van der Waals surface area contributed by atoms with Gasteiger partial charge < -0.3 is 10.2 Å². The third-order valence-corrected chi connectivity index (χ3v) is 4.31. The number of anilines is 1. The second-order valence-electron chi connectivity index (χ2n) is 5.94. The number of nitrogens with zero attached hydrogens (tertiary/aromatic N) is 4. The van der Waals surface area contributed by atoms with Crippen LogP contribution in [-0.4, -0.2) is 33.0 Å². The minimum Gasteiger partial charge on any atom is -0.347 e. The molecule has 1 saturated heterocycles. The minimum atomic E-state index is -0.213. The predicted molar refractivity (Wildman–Crippen MR) is 92.2 cm³/mol. The Bertz CT molecular complexity index is 932. The molecule has 1 aliphatic rings. The van der Waals surface area contributed by atoms with E-state index in [0.717, 1.165) is 24.2 Å². The van der Waals surface area contributed by atoms with Gasteiger partial charge >= 0.3 is 0 Å². The molecule has 2 amide bonds. The van der Waals surface area contributed by atoms with Gasteiger partial charge in [0.2, 0.25) is 5.91 Å². The highest BCUT2D eigenvalue weighted by Crippen LogP contribution is 2.21. The molecule has 25 heavy (non-hydrogen) atoms. The number of amides is 2.